The highest BCUT2D eigenvalue weighted by Crippen LogP contribution is 2.31. The van der Waals surface area contributed by atoms with Crippen LogP contribution in [-0.2, 0) is 0 Å². The second-order valence-corrected chi connectivity index (χ2v) is 5.49. The van der Waals surface area contributed by atoms with E-state index >= 15 is 0 Å². The third kappa shape index (κ3) is 5.02. The minimum atomic E-state index is 0.415. The van der Waals surface area contributed by atoms with E-state index in [2.05, 4.69) is 39.0 Å². The number of nitrogens with one attached hydrogen (secondary N) is 1. The Bertz CT molecular complexity index is 436. The third-order valence-electron chi connectivity index (χ3n) is 3.36. The summed E-state index contributed by atoms with van der Waals surface area (Å²) in [6, 6.07) is 0.415. The lowest BCUT2D eigenvalue weighted by atomic mass is 10.3. The summed E-state index contributed by atoms with van der Waals surface area (Å²) < 4.78 is 5.49. The van der Waals surface area contributed by atoms with Crippen molar-refractivity contribution in [1.29, 1.82) is 0 Å². The number of hydrogen-bond donors (Lipinski definition) is 1. The molecule has 0 radical (unpaired) electrons. The average Bonchev–Trinajstić information content (AvgIpc) is 3.29. The Kier molecular flexibility index (Phi) is 6.02. The molecule has 0 unspecified atom stereocenters. The number of hydrogen-bond acceptors (Lipinski definition) is 6. The molecule has 0 spiro atoms. The van der Waals surface area contributed by atoms with Crippen LogP contribution in [-0.4, -0.2) is 41.2 Å². The topological polar surface area (TPSA) is 63.2 Å². The molecule has 0 saturated heterocycles. The van der Waals surface area contributed by atoms with Crippen molar-refractivity contribution in [1.82, 2.24) is 15.0 Å². The number of rotatable bonds is 10. The van der Waals surface area contributed by atoms with Gasteiger partial charge in [-0.15, -0.1) is 0 Å². The summed E-state index contributed by atoms with van der Waals surface area (Å²) in [5.41, 5.74) is 0. The van der Waals surface area contributed by atoms with Crippen molar-refractivity contribution in [2.24, 2.45) is 5.92 Å². The molecule has 1 aromatic heterocycles. The number of aromatic nitrogens is 3. The molecule has 6 heteroatoms. The highest BCUT2D eigenvalue weighted by molar-refractivity contribution is 5.38. The molecule has 0 aliphatic heterocycles. The first kappa shape index (κ1) is 15.8. The van der Waals surface area contributed by atoms with Crippen LogP contribution in [0.4, 0.5) is 11.9 Å². The van der Waals surface area contributed by atoms with E-state index in [0.29, 0.717) is 18.6 Å². The second kappa shape index (κ2) is 8.00. The number of anilines is 2. The zero-order valence-electron chi connectivity index (χ0n) is 13.4. The van der Waals surface area contributed by atoms with Crippen LogP contribution in [0.5, 0.6) is 6.01 Å². The van der Waals surface area contributed by atoms with Gasteiger partial charge in [0.25, 0.3) is 0 Å². The van der Waals surface area contributed by atoms with Gasteiger partial charge in [-0.3, -0.25) is 0 Å². The maximum atomic E-state index is 5.49. The van der Waals surface area contributed by atoms with Crippen molar-refractivity contribution < 1.29 is 4.74 Å². The van der Waals surface area contributed by atoms with Gasteiger partial charge in [0.05, 0.1) is 6.61 Å². The van der Waals surface area contributed by atoms with Crippen LogP contribution in [0.25, 0.3) is 0 Å². The van der Waals surface area contributed by atoms with Gasteiger partial charge in [0.1, 0.15) is 0 Å². The molecule has 0 aromatic carbocycles. The minimum Gasteiger partial charge on any atom is -0.464 e. The zero-order chi connectivity index (χ0) is 15.1. The van der Waals surface area contributed by atoms with E-state index in [9.17, 15) is 0 Å². The fourth-order valence-electron chi connectivity index (χ4n) is 2.15. The van der Waals surface area contributed by atoms with Gasteiger partial charge in [-0.2, -0.15) is 15.0 Å². The van der Waals surface area contributed by atoms with E-state index in [4.69, 9.17) is 4.74 Å². The molecule has 6 nitrogen and oxygen atoms in total. The summed E-state index contributed by atoms with van der Waals surface area (Å²) in [7, 11) is 0. The molecule has 2 rings (SSSR count). The van der Waals surface area contributed by atoms with Crippen LogP contribution in [0.3, 0.4) is 0 Å². The lowest BCUT2D eigenvalue weighted by Gasteiger charge is -2.22. The van der Waals surface area contributed by atoms with E-state index in [1.807, 2.05) is 6.92 Å². The molecule has 0 atom stereocenters. The molecule has 0 amide bonds. The van der Waals surface area contributed by atoms with Gasteiger partial charge in [-0.25, -0.2) is 0 Å². The largest absolute Gasteiger partial charge is 0.464 e. The lowest BCUT2D eigenvalue weighted by Crippen LogP contribution is -2.29. The Morgan fingerprint density at radius 3 is 2.57 bits per heavy atom. The molecule has 1 aliphatic rings. The fraction of sp³-hybridized carbons (Fsp3) is 0.800. The molecule has 1 N–H and O–H groups in total. The standard InChI is InChI=1S/C15H27N5O/c1-4-9-16-13-17-14(19-15(18-13)21-6-3)20(10-5-2)11-12-7-8-12/h12H,4-11H2,1-3H3,(H,16,17,18,19). The van der Waals surface area contributed by atoms with E-state index < -0.39 is 0 Å². The molecule has 21 heavy (non-hydrogen) atoms. The van der Waals surface area contributed by atoms with E-state index in [-0.39, 0.29) is 0 Å². The summed E-state index contributed by atoms with van der Waals surface area (Å²) in [5.74, 6) is 2.15. The van der Waals surface area contributed by atoms with Gasteiger partial charge in [0.2, 0.25) is 11.9 Å². The van der Waals surface area contributed by atoms with Crippen LogP contribution in [0, 0.1) is 5.92 Å². The first-order valence-corrected chi connectivity index (χ1v) is 8.14. The monoisotopic (exact) mass is 293 g/mol. The molecule has 1 fully saturated rings. The Balaban J connectivity index is 2.17. The maximum Gasteiger partial charge on any atom is 0.323 e. The predicted octanol–water partition coefficient (Wildman–Crippen LogP) is 2.72. The first-order chi connectivity index (χ1) is 10.3. The molecule has 1 saturated carbocycles. The lowest BCUT2D eigenvalue weighted by molar-refractivity contribution is 0.312. The Morgan fingerprint density at radius 1 is 1.14 bits per heavy atom. The fourth-order valence-corrected chi connectivity index (χ4v) is 2.15. The molecule has 0 bridgehead atoms. The van der Waals surface area contributed by atoms with E-state index in [1.54, 1.807) is 0 Å². The Labute approximate surface area is 127 Å². The van der Waals surface area contributed by atoms with Crippen molar-refractivity contribution in [2.45, 2.75) is 46.5 Å². The molecular weight excluding hydrogens is 266 g/mol. The van der Waals surface area contributed by atoms with Crippen LogP contribution in [0.2, 0.25) is 0 Å². The summed E-state index contributed by atoms with van der Waals surface area (Å²) in [6.07, 6.45) is 4.76. The van der Waals surface area contributed by atoms with Gasteiger partial charge >= 0.3 is 6.01 Å². The summed E-state index contributed by atoms with van der Waals surface area (Å²) in [6.45, 7) is 9.67. The van der Waals surface area contributed by atoms with Gasteiger partial charge < -0.3 is 15.0 Å². The van der Waals surface area contributed by atoms with Crippen molar-refractivity contribution in [3.05, 3.63) is 0 Å². The Morgan fingerprint density at radius 2 is 1.95 bits per heavy atom. The van der Waals surface area contributed by atoms with Crippen molar-refractivity contribution in [2.75, 3.05) is 36.5 Å². The quantitative estimate of drug-likeness (QED) is 0.715. The van der Waals surface area contributed by atoms with Crippen molar-refractivity contribution in [3.8, 4) is 6.01 Å². The van der Waals surface area contributed by atoms with Crippen LogP contribution >= 0.6 is 0 Å². The molecule has 1 aliphatic carbocycles. The normalized spacial score (nSPS) is 14.0. The summed E-state index contributed by atoms with van der Waals surface area (Å²) in [4.78, 5) is 15.6. The average molecular weight is 293 g/mol. The van der Waals surface area contributed by atoms with Gasteiger partial charge in [0, 0.05) is 19.6 Å². The second-order valence-electron chi connectivity index (χ2n) is 5.49. The Hall–Kier alpha value is -1.59. The van der Waals surface area contributed by atoms with E-state index in [1.165, 1.54) is 12.8 Å². The highest BCUT2D eigenvalue weighted by Gasteiger charge is 2.25. The molecule has 118 valence electrons. The van der Waals surface area contributed by atoms with E-state index in [0.717, 1.165) is 44.3 Å². The highest BCUT2D eigenvalue weighted by atomic mass is 16.5. The summed E-state index contributed by atoms with van der Waals surface area (Å²) >= 11 is 0. The van der Waals surface area contributed by atoms with Gasteiger partial charge in [0.15, 0.2) is 0 Å². The molecular formula is C15H27N5O. The molecule has 1 aromatic rings. The summed E-state index contributed by atoms with van der Waals surface area (Å²) in [5, 5.41) is 3.23. The van der Waals surface area contributed by atoms with Crippen LogP contribution < -0.4 is 15.0 Å². The van der Waals surface area contributed by atoms with Crippen molar-refractivity contribution in [3.63, 3.8) is 0 Å². The number of nitrogens with zero attached hydrogens (tertiary/aromatic N) is 4. The van der Waals surface area contributed by atoms with Gasteiger partial charge in [-0.05, 0) is 38.5 Å². The SMILES string of the molecule is CCCNc1nc(OCC)nc(N(CCC)CC2CC2)n1. The predicted molar refractivity (Wildman–Crippen MR) is 85.0 cm³/mol. The van der Waals surface area contributed by atoms with Crippen molar-refractivity contribution >= 4 is 11.9 Å². The molecule has 1 heterocycles. The maximum absolute atomic E-state index is 5.49. The van der Waals surface area contributed by atoms with Gasteiger partial charge in [-0.1, -0.05) is 13.8 Å². The zero-order valence-corrected chi connectivity index (χ0v) is 13.4. The van der Waals surface area contributed by atoms with Crippen LogP contribution in [0.1, 0.15) is 46.5 Å². The number of ether oxygens (including phenoxy) is 1. The first-order valence-electron chi connectivity index (χ1n) is 8.14. The minimum absolute atomic E-state index is 0.415. The third-order valence-corrected chi connectivity index (χ3v) is 3.36. The van der Waals surface area contributed by atoms with Crippen LogP contribution in [0.15, 0.2) is 0 Å². The smallest absolute Gasteiger partial charge is 0.323 e.